The van der Waals surface area contributed by atoms with E-state index < -0.39 is 0 Å². The van der Waals surface area contributed by atoms with Gasteiger partial charge in [-0.3, -0.25) is 14.6 Å². The maximum Gasteiger partial charge on any atom is 0.225 e. The lowest BCUT2D eigenvalue weighted by atomic mass is 9.86. The van der Waals surface area contributed by atoms with E-state index in [-0.39, 0.29) is 5.54 Å². The fraction of sp³-hybridized carbons (Fsp3) is 0.533. The molecule has 3 fully saturated rings. The van der Waals surface area contributed by atoms with Gasteiger partial charge in [-0.15, -0.1) is 0 Å². The highest BCUT2D eigenvalue weighted by Crippen LogP contribution is 2.35. The van der Waals surface area contributed by atoms with Crippen LogP contribution in [-0.2, 0) is 10.3 Å². The van der Waals surface area contributed by atoms with Crippen LogP contribution < -0.4 is 4.90 Å². The number of hydrogen-bond donors (Lipinski definition) is 0. The normalized spacial score (nSPS) is 23.8. The van der Waals surface area contributed by atoms with E-state index in [9.17, 15) is 4.79 Å². The summed E-state index contributed by atoms with van der Waals surface area (Å²) < 4.78 is 2.00. The lowest BCUT2D eigenvalue weighted by Crippen LogP contribution is -2.58. The number of hydrogen-bond acceptors (Lipinski definition) is 5. The highest BCUT2D eigenvalue weighted by molar-refractivity contribution is 5.82. The van der Waals surface area contributed by atoms with Gasteiger partial charge in [0.2, 0.25) is 5.91 Å². The summed E-state index contributed by atoms with van der Waals surface area (Å²) in [5.41, 5.74) is 6.08. The molecule has 6 rings (SSSR count). The molecule has 37 heavy (non-hydrogen) atoms. The molecule has 1 aromatic carbocycles. The third kappa shape index (κ3) is 4.53. The third-order valence-electron chi connectivity index (χ3n) is 8.99. The zero-order valence-electron chi connectivity index (χ0n) is 22.7. The number of benzene rings is 1. The van der Waals surface area contributed by atoms with Gasteiger partial charge in [-0.2, -0.15) is 5.10 Å². The summed E-state index contributed by atoms with van der Waals surface area (Å²) in [5.74, 6) is 0.659. The third-order valence-corrected chi connectivity index (χ3v) is 8.99. The Hall–Kier alpha value is -2.90. The molecule has 2 aromatic heterocycles. The summed E-state index contributed by atoms with van der Waals surface area (Å²) in [7, 11) is 2.25. The smallest absolute Gasteiger partial charge is 0.225 e. The van der Waals surface area contributed by atoms with E-state index in [2.05, 4.69) is 95.1 Å². The van der Waals surface area contributed by atoms with Crippen molar-refractivity contribution in [2.45, 2.75) is 45.2 Å². The second-order valence-corrected chi connectivity index (χ2v) is 11.7. The fourth-order valence-electron chi connectivity index (χ4n) is 6.08. The van der Waals surface area contributed by atoms with Crippen molar-refractivity contribution < 1.29 is 4.79 Å². The zero-order chi connectivity index (χ0) is 25.7. The Kier molecular flexibility index (Phi) is 6.24. The number of aromatic nitrogens is 2. The Bertz CT molecular complexity index is 1270. The first-order chi connectivity index (χ1) is 17.8. The zero-order valence-corrected chi connectivity index (χ0v) is 22.7. The predicted octanol–water partition coefficient (Wildman–Crippen LogP) is 3.93. The van der Waals surface area contributed by atoms with E-state index in [1.807, 2.05) is 10.7 Å². The number of likely N-dealkylation sites (N-methyl/N-ethyl adjacent to an activating group) is 1. The quantitative estimate of drug-likeness (QED) is 0.531. The molecule has 3 aromatic rings. The number of piperazine rings is 2. The van der Waals surface area contributed by atoms with Crippen LogP contribution in [0.1, 0.15) is 39.2 Å². The number of carbonyl (C=O) groups excluding carboxylic acids is 1. The Labute approximate surface area is 220 Å². The molecule has 1 aliphatic carbocycles. The molecule has 1 saturated carbocycles. The van der Waals surface area contributed by atoms with Gasteiger partial charge in [0, 0.05) is 75.7 Å². The lowest BCUT2D eigenvalue weighted by molar-refractivity contribution is -0.132. The van der Waals surface area contributed by atoms with E-state index in [0.717, 1.165) is 64.2 Å². The van der Waals surface area contributed by atoms with E-state index >= 15 is 0 Å². The Balaban J connectivity index is 1.22. The highest BCUT2D eigenvalue weighted by atomic mass is 16.2. The van der Waals surface area contributed by atoms with Crippen molar-refractivity contribution >= 4 is 17.1 Å². The Morgan fingerprint density at radius 2 is 1.70 bits per heavy atom. The van der Waals surface area contributed by atoms with Gasteiger partial charge >= 0.3 is 0 Å². The van der Waals surface area contributed by atoms with E-state index in [1.165, 1.54) is 22.4 Å². The fourth-order valence-corrected chi connectivity index (χ4v) is 6.08. The molecule has 2 aliphatic heterocycles. The predicted molar refractivity (Wildman–Crippen MR) is 149 cm³/mol. The molecule has 4 heterocycles. The average molecular weight is 501 g/mol. The molecule has 1 amide bonds. The molecule has 0 bridgehead atoms. The SMILES string of the molecule is CC(C)N1CCN(C)[C@](C)(c2ccc(-c3cc4c(N5CCN(C(=O)C6CC6)CC5)ccnn4c3)cc2)C1. The standard InChI is InChI=1S/C30H40N6O/c1-22(2)35-14-13-32(4)30(3,21-35)26-9-7-23(8-10-26)25-19-28-27(11-12-31-36(28)20-25)33-15-17-34(18-16-33)29(37)24-5-6-24/h7-12,19-20,22,24H,5-6,13-18,21H2,1-4H3/t30-/m0/s1. The van der Waals surface area contributed by atoms with Crippen molar-refractivity contribution in [3.05, 3.63) is 54.4 Å². The summed E-state index contributed by atoms with van der Waals surface area (Å²) in [6, 6.07) is 14.1. The van der Waals surface area contributed by atoms with Crippen LogP contribution >= 0.6 is 0 Å². The molecule has 1 atom stereocenters. The summed E-state index contributed by atoms with van der Waals surface area (Å²) in [6.45, 7) is 13.6. The van der Waals surface area contributed by atoms with Crippen LogP contribution in [0, 0.1) is 5.92 Å². The molecule has 0 radical (unpaired) electrons. The van der Waals surface area contributed by atoms with Gasteiger partial charge in [0.15, 0.2) is 0 Å². The largest absolute Gasteiger partial charge is 0.366 e. The van der Waals surface area contributed by atoms with Gasteiger partial charge in [0.1, 0.15) is 0 Å². The number of carbonyl (C=O) groups is 1. The first kappa shape index (κ1) is 24.4. The van der Waals surface area contributed by atoms with E-state index in [1.54, 1.807) is 0 Å². The van der Waals surface area contributed by atoms with Crippen LogP contribution in [0.25, 0.3) is 16.6 Å². The van der Waals surface area contributed by atoms with Crippen molar-refractivity contribution in [3.8, 4) is 11.1 Å². The van der Waals surface area contributed by atoms with Crippen molar-refractivity contribution in [3.63, 3.8) is 0 Å². The Morgan fingerprint density at radius 1 is 0.973 bits per heavy atom. The summed E-state index contributed by atoms with van der Waals surface area (Å²) in [6.07, 6.45) is 6.17. The lowest BCUT2D eigenvalue weighted by Gasteiger charge is -2.49. The minimum Gasteiger partial charge on any atom is -0.366 e. The number of fused-ring (bicyclic) bond motifs is 1. The minimum atomic E-state index is 0.00426. The highest BCUT2D eigenvalue weighted by Gasteiger charge is 2.38. The van der Waals surface area contributed by atoms with Crippen LogP contribution in [0.4, 0.5) is 5.69 Å². The number of rotatable bonds is 5. The molecule has 3 aliphatic rings. The van der Waals surface area contributed by atoms with Crippen molar-refractivity contribution in [1.82, 2.24) is 24.3 Å². The van der Waals surface area contributed by atoms with Gasteiger partial charge in [-0.1, -0.05) is 24.3 Å². The second kappa shape index (κ2) is 9.44. The van der Waals surface area contributed by atoms with Crippen molar-refractivity contribution in [2.75, 3.05) is 57.8 Å². The number of anilines is 1. The molecule has 2 saturated heterocycles. The molecule has 0 N–H and O–H groups in total. The van der Waals surface area contributed by atoms with Gasteiger partial charge in [0.25, 0.3) is 0 Å². The van der Waals surface area contributed by atoms with Gasteiger partial charge < -0.3 is 9.80 Å². The molecule has 7 heteroatoms. The molecular formula is C30H40N6O. The van der Waals surface area contributed by atoms with Gasteiger partial charge in [-0.05, 0) is 63.9 Å². The maximum absolute atomic E-state index is 12.5. The minimum absolute atomic E-state index is 0.00426. The van der Waals surface area contributed by atoms with Crippen LogP contribution in [0.15, 0.2) is 48.8 Å². The second-order valence-electron chi connectivity index (χ2n) is 11.7. The van der Waals surface area contributed by atoms with Crippen LogP contribution in [-0.4, -0.2) is 89.1 Å². The summed E-state index contributed by atoms with van der Waals surface area (Å²) in [4.78, 5) is 22.0. The number of nitrogens with zero attached hydrogens (tertiary/aromatic N) is 6. The van der Waals surface area contributed by atoms with Gasteiger partial charge in [-0.25, -0.2) is 4.52 Å². The molecule has 0 unspecified atom stereocenters. The molecular weight excluding hydrogens is 460 g/mol. The van der Waals surface area contributed by atoms with E-state index in [4.69, 9.17) is 0 Å². The van der Waals surface area contributed by atoms with Crippen LogP contribution in [0.3, 0.4) is 0 Å². The molecule has 196 valence electrons. The number of amides is 1. The molecule has 0 spiro atoms. The molecule has 7 nitrogen and oxygen atoms in total. The first-order valence-electron chi connectivity index (χ1n) is 13.9. The van der Waals surface area contributed by atoms with Gasteiger partial charge in [0.05, 0.1) is 16.7 Å². The van der Waals surface area contributed by atoms with Crippen molar-refractivity contribution in [2.24, 2.45) is 5.92 Å². The van der Waals surface area contributed by atoms with E-state index in [0.29, 0.717) is 17.9 Å². The summed E-state index contributed by atoms with van der Waals surface area (Å²) >= 11 is 0. The topological polar surface area (TPSA) is 47.3 Å². The van der Waals surface area contributed by atoms with Crippen molar-refractivity contribution in [1.29, 1.82) is 0 Å². The maximum atomic E-state index is 12.5. The monoisotopic (exact) mass is 500 g/mol. The van der Waals surface area contributed by atoms with Crippen LogP contribution in [0.2, 0.25) is 0 Å². The Morgan fingerprint density at radius 3 is 2.38 bits per heavy atom. The van der Waals surface area contributed by atoms with Crippen LogP contribution in [0.5, 0.6) is 0 Å². The summed E-state index contributed by atoms with van der Waals surface area (Å²) in [5, 5.41) is 4.61. The first-order valence-corrected chi connectivity index (χ1v) is 13.9. The average Bonchev–Trinajstić information content (AvgIpc) is 3.67.